The standard InChI is InChI=1S/C18H14BrN7O3/c1-9(17(27)24-16-14-15(21-7-20-14)22-8-23-16)29-18(28)13-6-12(25-26-13)10-2-4-11(19)5-3-10/h2-9H,1H3,(H,25,26)(H2,20,21,22,23,24,27). The third-order valence-corrected chi connectivity index (χ3v) is 4.58. The number of amides is 1. The van der Waals surface area contributed by atoms with Crippen LogP contribution in [0.4, 0.5) is 5.82 Å². The first-order chi connectivity index (χ1) is 14.0. The lowest BCUT2D eigenvalue weighted by Crippen LogP contribution is -2.30. The van der Waals surface area contributed by atoms with Gasteiger partial charge in [-0.3, -0.25) is 9.89 Å². The minimum atomic E-state index is -1.06. The average molecular weight is 456 g/mol. The molecule has 4 rings (SSSR count). The normalized spacial score (nSPS) is 11.9. The van der Waals surface area contributed by atoms with Crippen LogP contribution in [0.15, 0.2) is 47.5 Å². The molecular weight excluding hydrogens is 442 g/mol. The van der Waals surface area contributed by atoms with Gasteiger partial charge in [-0.25, -0.2) is 19.7 Å². The molecule has 146 valence electrons. The lowest BCUT2D eigenvalue weighted by Gasteiger charge is -2.12. The number of ether oxygens (including phenoxy) is 1. The topological polar surface area (TPSA) is 139 Å². The SMILES string of the molecule is CC(OC(=O)c1cc(-c2ccc(Br)cc2)n[nH]1)C(=O)Nc1ncnc2nc[nH]c12. The molecule has 11 heteroatoms. The molecule has 1 unspecified atom stereocenters. The van der Waals surface area contributed by atoms with Crippen molar-refractivity contribution in [2.24, 2.45) is 0 Å². The first-order valence-electron chi connectivity index (χ1n) is 8.48. The zero-order valence-corrected chi connectivity index (χ0v) is 16.6. The maximum absolute atomic E-state index is 12.4. The summed E-state index contributed by atoms with van der Waals surface area (Å²) in [5.74, 6) is -0.988. The van der Waals surface area contributed by atoms with Crippen molar-refractivity contribution in [3.05, 3.63) is 53.2 Å². The van der Waals surface area contributed by atoms with Gasteiger partial charge in [0.05, 0.1) is 12.0 Å². The Morgan fingerprint density at radius 1 is 1.17 bits per heavy atom. The summed E-state index contributed by atoms with van der Waals surface area (Å²) in [6.45, 7) is 1.46. The molecule has 0 bridgehead atoms. The summed E-state index contributed by atoms with van der Waals surface area (Å²) >= 11 is 3.37. The summed E-state index contributed by atoms with van der Waals surface area (Å²) in [5, 5.41) is 9.34. The fourth-order valence-electron chi connectivity index (χ4n) is 2.55. The number of esters is 1. The molecule has 10 nitrogen and oxygen atoms in total. The van der Waals surface area contributed by atoms with E-state index in [-0.39, 0.29) is 11.5 Å². The lowest BCUT2D eigenvalue weighted by molar-refractivity contribution is -0.123. The van der Waals surface area contributed by atoms with Gasteiger partial charge in [0.15, 0.2) is 17.6 Å². The molecule has 1 amide bonds. The van der Waals surface area contributed by atoms with Crippen LogP contribution >= 0.6 is 15.9 Å². The molecule has 3 N–H and O–H groups in total. The quantitative estimate of drug-likeness (QED) is 0.393. The summed E-state index contributed by atoms with van der Waals surface area (Å²) in [6.07, 6.45) is 1.67. The van der Waals surface area contributed by atoms with Gasteiger partial charge in [-0.05, 0) is 25.1 Å². The fraction of sp³-hybridized carbons (Fsp3) is 0.111. The predicted molar refractivity (Wildman–Crippen MR) is 107 cm³/mol. The zero-order valence-electron chi connectivity index (χ0n) is 15.0. The largest absolute Gasteiger partial charge is 0.448 e. The van der Waals surface area contributed by atoms with Gasteiger partial charge in [-0.2, -0.15) is 5.10 Å². The van der Waals surface area contributed by atoms with Crippen LogP contribution in [0.1, 0.15) is 17.4 Å². The van der Waals surface area contributed by atoms with E-state index in [2.05, 4.69) is 51.4 Å². The van der Waals surface area contributed by atoms with E-state index in [9.17, 15) is 9.59 Å². The van der Waals surface area contributed by atoms with Crippen molar-refractivity contribution < 1.29 is 14.3 Å². The minimum Gasteiger partial charge on any atom is -0.448 e. The predicted octanol–water partition coefficient (Wildman–Crippen LogP) is 2.69. The van der Waals surface area contributed by atoms with Crippen molar-refractivity contribution in [1.82, 2.24) is 30.1 Å². The fourth-order valence-corrected chi connectivity index (χ4v) is 2.81. The maximum atomic E-state index is 12.4. The van der Waals surface area contributed by atoms with E-state index < -0.39 is 18.0 Å². The number of hydrogen-bond acceptors (Lipinski definition) is 7. The van der Waals surface area contributed by atoms with Crippen molar-refractivity contribution in [3.8, 4) is 11.3 Å². The number of nitrogens with zero attached hydrogens (tertiary/aromatic N) is 4. The molecule has 0 saturated carbocycles. The molecular formula is C18H14BrN7O3. The monoisotopic (exact) mass is 455 g/mol. The van der Waals surface area contributed by atoms with Crippen LogP contribution in [0.25, 0.3) is 22.4 Å². The Kier molecular flexibility index (Phi) is 5.04. The Hall–Kier alpha value is -3.60. The number of imidazole rings is 1. The van der Waals surface area contributed by atoms with E-state index in [0.717, 1.165) is 10.0 Å². The van der Waals surface area contributed by atoms with Crippen LogP contribution in [-0.2, 0) is 9.53 Å². The van der Waals surface area contributed by atoms with Crippen LogP contribution in [-0.4, -0.2) is 48.1 Å². The minimum absolute atomic E-state index is 0.139. The number of nitrogens with one attached hydrogen (secondary N) is 3. The van der Waals surface area contributed by atoms with E-state index >= 15 is 0 Å². The first-order valence-corrected chi connectivity index (χ1v) is 9.28. The van der Waals surface area contributed by atoms with Crippen LogP contribution in [0, 0.1) is 0 Å². The van der Waals surface area contributed by atoms with E-state index in [1.54, 1.807) is 6.07 Å². The van der Waals surface area contributed by atoms with Crippen LogP contribution < -0.4 is 5.32 Å². The van der Waals surface area contributed by atoms with E-state index in [1.165, 1.54) is 19.6 Å². The molecule has 1 atom stereocenters. The molecule has 0 fully saturated rings. The Labute approximate surface area is 172 Å². The van der Waals surface area contributed by atoms with Gasteiger partial charge < -0.3 is 15.0 Å². The highest BCUT2D eigenvalue weighted by atomic mass is 79.9. The molecule has 0 spiro atoms. The number of halogens is 1. The Balaban J connectivity index is 1.42. The molecule has 3 heterocycles. The first kappa shape index (κ1) is 18.7. The summed E-state index contributed by atoms with van der Waals surface area (Å²) < 4.78 is 6.17. The van der Waals surface area contributed by atoms with Crippen LogP contribution in [0.3, 0.4) is 0 Å². The number of carbonyl (C=O) groups excluding carboxylic acids is 2. The summed E-state index contributed by atoms with van der Waals surface area (Å²) in [6, 6.07) is 9.04. The molecule has 3 aromatic heterocycles. The summed E-state index contributed by atoms with van der Waals surface area (Å²) in [5.41, 5.74) is 2.45. The van der Waals surface area contributed by atoms with Gasteiger partial charge in [0.25, 0.3) is 5.91 Å². The number of benzene rings is 1. The van der Waals surface area contributed by atoms with Crippen molar-refractivity contribution in [2.75, 3.05) is 5.32 Å². The van der Waals surface area contributed by atoms with E-state index in [4.69, 9.17) is 4.74 Å². The van der Waals surface area contributed by atoms with Crippen LogP contribution in [0.5, 0.6) is 0 Å². The number of H-pyrrole nitrogens is 2. The van der Waals surface area contributed by atoms with Gasteiger partial charge in [-0.15, -0.1) is 0 Å². The lowest BCUT2D eigenvalue weighted by atomic mass is 10.1. The molecule has 0 saturated heterocycles. The number of aromatic nitrogens is 6. The molecule has 29 heavy (non-hydrogen) atoms. The number of hydrogen-bond donors (Lipinski definition) is 3. The number of aromatic amines is 2. The third kappa shape index (κ3) is 3.99. The van der Waals surface area contributed by atoms with Crippen molar-refractivity contribution in [1.29, 1.82) is 0 Å². The highest BCUT2D eigenvalue weighted by Crippen LogP contribution is 2.21. The second-order valence-corrected chi connectivity index (χ2v) is 6.95. The summed E-state index contributed by atoms with van der Waals surface area (Å²) in [4.78, 5) is 39.6. The highest BCUT2D eigenvalue weighted by molar-refractivity contribution is 9.10. The molecule has 0 radical (unpaired) electrons. The van der Waals surface area contributed by atoms with Crippen molar-refractivity contribution in [2.45, 2.75) is 13.0 Å². The smallest absolute Gasteiger partial charge is 0.357 e. The number of fused-ring (bicyclic) bond motifs is 1. The van der Waals surface area contributed by atoms with Gasteiger partial charge in [0, 0.05) is 10.0 Å². The van der Waals surface area contributed by atoms with Gasteiger partial charge in [0.1, 0.15) is 17.5 Å². The van der Waals surface area contributed by atoms with Crippen LogP contribution in [0.2, 0.25) is 0 Å². The molecule has 4 aromatic rings. The highest BCUT2D eigenvalue weighted by Gasteiger charge is 2.22. The maximum Gasteiger partial charge on any atom is 0.357 e. The zero-order chi connectivity index (χ0) is 20.4. The van der Waals surface area contributed by atoms with Gasteiger partial charge in [0.2, 0.25) is 0 Å². The molecule has 0 aliphatic heterocycles. The van der Waals surface area contributed by atoms with Crippen molar-refractivity contribution in [3.63, 3.8) is 0 Å². The Morgan fingerprint density at radius 2 is 1.97 bits per heavy atom. The van der Waals surface area contributed by atoms with Gasteiger partial charge in [-0.1, -0.05) is 28.1 Å². The number of carbonyl (C=O) groups is 2. The van der Waals surface area contributed by atoms with E-state index in [1.807, 2.05) is 24.3 Å². The number of rotatable bonds is 5. The van der Waals surface area contributed by atoms with E-state index in [0.29, 0.717) is 16.9 Å². The molecule has 0 aliphatic carbocycles. The third-order valence-electron chi connectivity index (χ3n) is 4.06. The molecule has 0 aliphatic rings. The number of anilines is 1. The second kappa shape index (κ2) is 7.80. The Morgan fingerprint density at radius 3 is 2.76 bits per heavy atom. The van der Waals surface area contributed by atoms with Crippen molar-refractivity contribution >= 4 is 44.8 Å². The Bertz CT molecular complexity index is 1190. The van der Waals surface area contributed by atoms with Gasteiger partial charge >= 0.3 is 5.97 Å². The summed E-state index contributed by atoms with van der Waals surface area (Å²) in [7, 11) is 0. The second-order valence-electron chi connectivity index (χ2n) is 6.03. The average Bonchev–Trinajstić information content (AvgIpc) is 3.38. The molecule has 1 aromatic carbocycles.